The molecule has 0 saturated carbocycles. The molecule has 5 heteroatoms. The summed E-state index contributed by atoms with van der Waals surface area (Å²) in [6.45, 7) is 3.02. The van der Waals surface area contributed by atoms with Crippen molar-refractivity contribution in [3.8, 4) is 0 Å². The fourth-order valence-corrected chi connectivity index (χ4v) is 2.78. The quantitative estimate of drug-likeness (QED) is 0.725. The average molecular weight is 392 g/mol. The number of ketones is 1. The zero-order valence-electron chi connectivity index (χ0n) is 10.7. The molecule has 19 heavy (non-hydrogen) atoms. The Hall–Kier alpha value is -0.620. The highest BCUT2D eigenvalue weighted by atomic mass is 127. The van der Waals surface area contributed by atoms with E-state index in [0.717, 1.165) is 9.99 Å². The van der Waals surface area contributed by atoms with Gasteiger partial charge in [-0.2, -0.15) is 0 Å². The SMILES string of the molecule is CCC1CN(C(=O)c2ccc(I)c(Cl)c2)CCC1=O. The van der Waals surface area contributed by atoms with E-state index in [-0.39, 0.29) is 17.6 Å². The lowest BCUT2D eigenvalue weighted by atomic mass is 9.93. The summed E-state index contributed by atoms with van der Waals surface area (Å²) in [5.74, 6) is 0.216. The van der Waals surface area contributed by atoms with E-state index in [1.165, 1.54) is 0 Å². The molecule has 1 heterocycles. The first-order valence-electron chi connectivity index (χ1n) is 6.30. The van der Waals surface area contributed by atoms with Gasteiger partial charge >= 0.3 is 0 Å². The van der Waals surface area contributed by atoms with Crippen molar-refractivity contribution in [3.05, 3.63) is 32.4 Å². The van der Waals surface area contributed by atoms with Gasteiger partial charge in [0.05, 0.1) is 5.02 Å². The second kappa shape index (κ2) is 6.22. The number of nitrogens with zero attached hydrogens (tertiary/aromatic N) is 1. The molecule has 0 spiro atoms. The van der Waals surface area contributed by atoms with Crippen molar-refractivity contribution in [1.82, 2.24) is 4.90 Å². The van der Waals surface area contributed by atoms with Crippen molar-refractivity contribution in [1.29, 1.82) is 0 Å². The Morgan fingerprint density at radius 1 is 1.53 bits per heavy atom. The molecular weight excluding hydrogens is 377 g/mol. The van der Waals surface area contributed by atoms with Crippen molar-refractivity contribution in [2.45, 2.75) is 19.8 Å². The molecule has 1 aromatic rings. The number of Topliss-reactive ketones (excluding diaryl/α,β-unsaturated/α-hetero) is 1. The number of halogens is 2. The largest absolute Gasteiger partial charge is 0.337 e. The van der Waals surface area contributed by atoms with Crippen LogP contribution in [0.4, 0.5) is 0 Å². The highest BCUT2D eigenvalue weighted by Gasteiger charge is 2.29. The van der Waals surface area contributed by atoms with Gasteiger partial charge in [0.25, 0.3) is 5.91 Å². The molecule has 0 aromatic heterocycles. The Balaban J connectivity index is 2.15. The van der Waals surface area contributed by atoms with Crippen molar-refractivity contribution < 1.29 is 9.59 Å². The van der Waals surface area contributed by atoms with E-state index in [4.69, 9.17) is 11.6 Å². The third-order valence-electron chi connectivity index (χ3n) is 3.47. The van der Waals surface area contributed by atoms with E-state index >= 15 is 0 Å². The Bertz CT molecular complexity index is 518. The molecule has 2 rings (SSSR count). The molecular formula is C14H15ClINO2. The van der Waals surface area contributed by atoms with Crippen LogP contribution in [0.15, 0.2) is 18.2 Å². The molecule has 1 saturated heterocycles. The molecule has 3 nitrogen and oxygen atoms in total. The topological polar surface area (TPSA) is 37.4 Å². The van der Waals surface area contributed by atoms with E-state index in [2.05, 4.69) is 22.6 Å². The molecule has 0 N–H and O–H groups in total. The van der Waals surface area contributed by atoms with E-state index in [0.29, 0.717) is 30.1 Å². The lowest BCUT2D eigenvalue weighted by molar-refractivity contribution is -0.125. The Labute approximate surface area is 131 Å². The maximum Gasteiger partial charge on any atom is 0.253 e. The molecule has 1 aromatic carbocycles. The Morgan fingerprint density at radius 3 is 2.89 bits per heavy atom. The summed E-state index contributed by atoms with van der Waals surface area (Å²) in [7, 11) is 0. The second-order valence-electron chi connectivity index (χ2n) is 4.70. The highest BCUT2D eigenvalue weighted by molar-refractivity contribution is 14.1. The first-order chi connectivity index (χ1) is 9.02. The number of rotatable bonds is 2. The third kappa shape index (κ3) is 3.28. The van der Waals surface area contributed by atoms with Crippen LogP contribution in [0.1, 0.15) is 30.1 Å². The third-order valence-corrected chi connectivity index (χ3v) is 5.04. The number of likely N-dealkylation sites (tertiary alicyclic amines) is 1. The van der Waals surface area contributed by atoms with Crippen molar-refractivity contribution >= 4 is 45.9 Å². The van der Waals surface area contributed by atoms with Crippen LogP contribution in [0, 0.1) is 9.49 Å². The van der Waals surface area contributed by atoms with E-state index < -0.39 is 0 Å². The molecule has 102 valence electrons. The molecule has 0 aliphatic carbocycles. The van der Waals surface area contributed by atoms with Gasteiger partial charge in [0, 0.05) is 34.6 Å². The van der Waals surface area contributed by atoms with Crippen LogP contribution in [0.2, 0.25) is 5.02 Å². The fourth-order valence-electron chi connectivity index (χ4n) is 2.26. The average Bonchev–Trinajstić information content (AvgIpc) is 2.41. The van der Waals surface area contributed by atoms with E-state index in [9.17, 15) is 9.59 Å². The van der Waals surface area contributed by atoms with Gasteiger partial charge in [-0.3, -0.25) is 9.59 Å². The zero-order chi connectivity index (χ0) is 14.0. The molecule has 0 radical (unpaired) electrons. The first kappa shape index (κ1) is 14.8. The fraction of sp³-hybridized carbons (Fsp3) is 0.429. The maximum atomic E-state index is 12.4. The maximum absolute atomic E-state index is 12.4. The van der Waals surface area contributed by atoms with Crippen LogP contribution in [-0.4, -0.2) is 29.7 Å². The number of hydrogen-bond acceptors (Lipinski definition) is 2. The Morgan fingerprint density at radius 2 is 2.26 bits per heavy atom. The molecule has 1 aliphatic rings. The molecule has 1 amide bonds. The van der Waals surface area contributed by atoms with Crippen LogP contribution >= 0.6 is 34.2 Å². The number of carbonyl (C=O) groups is 2. The lowest BCUT2D eigenvalue weighted by Crippen LogP contribution is -2.43. The number of piperidine rings is 1. The smallest absolute Gasteiger partial charge is 0.253 e. The van der Waals surface area contributed by atoms with E-state index in [1.54, 1.807) is 17.0 Å². The van der Waals surface area contributed by atoms with Crippen LogP contribution in [0.5, 0.6) is 0 Å². The second-order valence-corrected chi connectivity index (χ2v) is 6.27. The van der Waals surface area contributed by atoms with Crippen LogP contribution < -0.4 is 0 Å². The summed E-state index contributed by atoms with van der Waals surface area (Å²) >= 11 is 8.17. The van der Waals surface area contributed by atoms with Crippen molar-refractivity contribution in [2.75, 3.05) is 13.1 Å². The molecule has 1 fully saturated rings. The monoisotopic (exact) mass is 391 g/mol. The molecule has 1 unspecified atom stereocenters. The van der Waals surface area contributed by atoms with Gasteiger partial charge in [0.15, 0.2) is 0 Å². The predicted molar refractivity (Wildman–Crippen MR) is 83.5 cm³/mol. The van der Waals surface area contributed by atoms with Gasteiger partial charge < -0.3 is 4.90 Å². The number of benzene rings is 1. The van der Waals surface area contributed by atoms with E-state index in [1.807, 2.05) is 13.0 Å². The summed E-state index contributed by atoms with van der Waals surface area (Å²) in [4.78, 5) is 25.8. The number of hydrogen-bond donors (Lipinski definition) is 0. The van der Waals surface area contributed by atoms with Gasteiger partial charge in [-0.25, -0.2) is 0 Å². The van der Waals surface area contributed by atoms with Gasteiger partial charge in [-0.15, -0.1) is 0 Å². The van der Waals surface area contributed by atoms with Gasteiger partial charge in [-0.05, 0) is 47.2 Å². The molecule has 0 bridgehead atoms. The highest BCUT2D eigenvalue weighted by Crippen LogP contribution is 2.22. The zero-order valence-corrected chi connectivity index (χ0v) is 13.6. The van der Waals surface area contributed by atoms with Crippen molar-refractivity contribution in [3.63, 3.8) is 0 Å². The van der Waals surface area contributed by atoms with Gasteiger partial charge in [-0.1, -0.05) is 18.5 Å². The lowest BCUT2D eigenvalue weighted by Gasteiger charge is -2.31. The molecule has 1 aliphatic heterocycles. The van der Waals surface area contributed by atoms with Crippen molar-refractivity contribution in [2.24, 2.45) is 5.92 Å². The number of amides is 1. The summed E-state index contributed by atoms with van der Waals surface area (Å²) in [5, 5.41) is 0.589. The summed E-state index contributed by atoms with van der Waals surface area (Å²) in [6, 6.07) is 5.32. The Kier molecular flexibility index (Phi) is 4.84. The minimum atomic E-state index is -0.0377. The van der Waals surface area contributed by atoms with Gasteiger partial charge in [0.1, 0.15) is 5.78 Å². The number of carbonyl (C=O) groups excluding carboxylic acids is 2. The van der Waals surface area contributed by atoms with Crippen LogP contribution in [0.3, 0.4) is 0 Å². The normalized spacial score (nSPS) is 19.6. The summed E-state index contributed by atoms with van der Waals surface area (Å²) < 4.78 is 0.927. The molecule has 1 atom stereocenters. The standard InChI is InChI=1S/C14H15ClINO2/c1-2-9-8-17(6-5-13(9)18)14(19)10-3-4-12(16)11(15)7-10/h3-4,7,9H,2,5-6,8H2,1H3. The minimum Gasteiger partial charge on any atom is -0.337 e. The van der Waals surface area contributed by atoms with Gasteiger partial charge in [0.2, 0.25) is 0 Å². The minimum absolute atomic E-state index is 0.0166. The predicted octanol–water partition coefficient (Wildman–Crippen LogP) is 3.39. The van der Waals surface area contributed by atoms with Crippen LogP contribution in [0.25, 0.3) is 0 Å². The van der Waals surface area contributed by atoms with Crippen LogP contribution in [-0.2, 0) is 4.79 Å². The summed E-state index contributed by atoms with van der Waals surface area (Å²) in [6.07, 6.45) is 1.25. The first-order valence-corrected chi connectivity index (χ1v) is 7.75. The summed E-state index contributed by atoms with van der Waals surface area (Å²) in [5.41, 5.74) is 0.592.